The van der Waals surface area contributed by atoms with Gasteiger partial charge in [0, 0.05) is 12.0 Å². The summed E-state index contributed by atoms with van der Waals surface area (Å²) in [7, 11) is 0. The maximum absolute atomic E-state index is 3.16. The van der Waals surface area contributed by atoms with Gasteiger partial charge in [-0.15, -0.1) is 0 Å². The molecule has 0 atom stereocenters. The molecule has 0 amide bonds. The van der Waals surface area contributed by atoms with Gasteiger partial charge in [-0.2, -0.15) is 0 Å². The van der Waals surface area contributed by atoms with Gasteiger partial charge < -0.3 is 0 Å². The first-order valence-corrected chi connectivity index (χ1v) is 4.45. The van der Waals surface area contributed by atoms with E-state index in [1.165, 1.54) is 11.1 Å². The molecule has 12 heavy (non-hydrogen) atoms. The lowest BCUT2D eigenvalue weighted by Crippen LogP contribution is -1.85. The lowest BCUT2D eigenvalue weighted by Gasteiger charge is -1.98. The van der Waals surface area contributed by atoms with Crippen LogP contribution in [0.4, 0.5) is 0 Å². The number of hydrogen-bond donors (Lipinski definition) is 0. The van der Waals surface area contributed by atoms with Crippen molar-refractivity contribution in [3.05, 3.63) is 35.4 Å². The standard InChI is InChI=1S/C12H14/c1-3-5-8-12-10-7-6-9-11(12)4-2/h6-7,9-10H,3-4H2,1-2H3. The molecule has 0 aliphatic heterocycles. The van der Waals surface area contributed by atoms with E-state index in [1.807, 2.05) is 6.07 Å². The fraction of sp³-hybridized carbons (Fsp3) is 0.333. The molecule has 0 heterocycles. The van der Waals surface area contributed by atoms with Crippen LogP contribution in [0.3, 0.4) is 0 Å². The Morgan fingerprint density at radius 2 is 1.92 bits per heavy atom. The van der Waals surface area contributed by atoms with Crippen molar-refractivity contribution in [1.29, 1.82) is 0 Å². The van der Waals surface area contributed by atoms with Gasteiger partial charge in [0.15, 0.2) is 0 Å². The molecule has 1 rings (SSSR count). The third-order valence-electron chi connectivity index (χ3n) is 1.80. The minimum atomic E-state index is 0.929. The quantitative estimate of drug-likeness (QED) is 0.551. The molecular formula is C12H14. The van der Waals surface area contributed by atoms with Crippen LogP contribution in [0.5, 0.6) is 0 Å². The number of rotatable bonds is 1. The van der Waals surface area contributed by atoms with Gasteiger partial charge in [0.2, 0.25) is 0 Å². The van der Waals surface area contributed by atoms with Crippen molar-refractivity contribution >= 4 is 0 Å². The van der Waals surface area contributed by atoms with Crippen molar-refractivity contribution < 1.29 is 0 Å². The van der Waals surface area contributed by atoms with Crippen LogP contribution < -0.4 is 0 Å². The first kappa shape index (κ1) is 8.87. The van der Waals surface area contributed by atoms with Crippen molar-refractivity contribution in [3.8, 4) is 11.8 Å². The summed E-state index contributed by atoms with van der Waals surface area (Å²) in [5.41, 5.74) is 2.53. The fourth-order valence-electron chi connectivity index (χ4n) is 1.13. The van der Waals surface area contributed by atoms with E-state index in [9.17, 15) is 0 Å². The fourth-order valence-corrected chi connectivity index (χ4v) is 1.13. The zero-order valence-corrected chi connectivity index (χ0v) is 7.72. The molecule has 1 aromatic carbocycles. The molecule has 0 fully saturated rings. The van der Waals surface area contributed by atoms with Crippen LogP contribution in [0.2, 0.25) is 0 Å². The van der Waals surface area contributed by atoms with Crippen LogP contribution >= 0.6 is 0 Å². The molecule has 0 saturated carbocycles. The first-order chi connectivity index (χ1) is 5.88. The lowest BCUT2D eigenvalue weighted by molar-refractivity contribution is 1.13. The van der Waals surface area contributed by atoms with Gasteiger partial charge in [0.1, 0.15) is 0 Å². The second-order valence-corrected chi connectivity index (χ2v) is 2.67. The van der Waals surface area contributed by atoms with Gasteiger partial charge >= 0.3 is 0 Å². The zero-order valence-electron chi connectivity index (χ0n) is 7.72. The van der Waals surface area contributed by atoms with E-state index < -0.39 is 0 Å². The van der Waals surface area contributed by atoms with E-state index in [1.54, 1.807) is 0 Å². The number of aryl methyl sites for hydroxylation is 1. The third kappa shape index (κ3) is 2.13. The van der Waals surface area contributed by atoms with Crippen molar-refractivity contribution in [1.82, 2.24) is 0 Å². The Bertz CT molecular complexity index is 299. The Hall–Kier alpha value is -1.22. The number of benzene rings is 1. The van der Waals surface area contributed by atoms with E-state index in [-0.39, 0.29) is 0 Å². The summed E-state index contributed by atoms with van der Waals surface area (Å²) < 4.78 is 0. The van der Waals surface area contributed by atoms with Crippen LogP contribution in [0.15, 0.2) is 24.3 Å². The summed E-state index contributed by atoms with van der Waals surface area (Å²) in [5.74, 6) is 6.25. The SMILES string of the molecule is CCC#Cc1ccccc1CC. The summed E-state index contributed by atoms with van der Waals surface area (Å²) in [6.07, 6.45) is 1.99. The predicted octanol–water partition coefficient (Wildman–Crippen LogP) is 3.01. The maximum atomic E-state index is 3.16. The molecule has 0 bridgehead atoms. The molecule has 0 saturated heterocycles. The Balaban J connectivity index is 2.97. The Morgan fingerprint density at radius 1 is 1.17 bits per heavy atom. The molecule has 0 unspecified atom stereocenters. The van der Waals surface area contributed by atoms with Crippen LogP contribution in [0.25, 0.3) is 0 Å². The second kappa shape index (κ2) is 4.62. The normalized spacial score (nSPS) is 8.83. The zero-order chi connectivity index (χ0) is 8.81. The van der Waals surface area contributed by atoms with Gasteiger partial charge in [-0.25, -0.2) is 0 Å². The second-order valence-electron chi connectivity index (χ2n) is 2.67. The third-order valence-corrected chi connectivity index (χ3v) is 1.80. The van der Waals surface area contributed by atoms with E-state index in [2.05, 4.69) is 43.9 Å². The molecule has 62 valence electrons. The molecule has 0 N–H and O–H groups in total. The molecule has 0 aliphatic rings. The highest BCUT2D eigenvalue weighted by Crippen LogP contribution is 2.07. The Morgan fingerprint density at radius 3 is 2.58 bits per heavy atom. The largest absolute Gasteiger partial charge is 0.0982 e. The highest BCUT2D eigenvalue weighted by atomic mass is 14.0. The van der Waals surface area contributed by atoms with Crippen LogP contribution in [-0.2, 0) is 6.42 Å². The van der Waals surface area contributed by atoms with Crippen LogP contribution in [0.1, 0.15) is 31.4 Å². The molecule has 0 aliphatic carbocycles. The monoisotopic (exact) mass is 158 g/mol. The van der Waals surface area contributed by atoms with Crippen molar-refractivity contribution in [2.24, 2.45) is 0 Å². The van der Waals surface area contributed by atoms with Gasteiger partial charge in [-0.3, -0.25) is 0 Å². The van der Waals surface area contributed by atoms with Crippen molar-refractivity contribution in [3.63, 3.8) is 0 Å². The average Bonchev–Trinajstić information content (AvgIpc) is 2.15. The Labute approximate surface area is 74.6 Å². The summed E-state index contributed by atoms with van der Waals surface area (Å²) >= 11 is 0. The Kier molecular flexibility index (Phi) is 3.41. The highest BCUT2D eigenvalue weighted by Gasteiger charge is 1.93. The van der Waals surface area contributed by atoms with Crippen LogP contribution in [0, 0.1) is 11.8 Å². The first-order valence-electron chi connectivity index (χ1n) is 4.45. The molecule has 0 spiro atoms. The minimum Gasteiger partial charge on any atom is -0.0982 e. The number of hydrogen-bond acceptors (Lipinski definition) is 0. The summed E-state index contributed by atoms with van der Waals surface area (Å²) in [6.45, 7) is 4.23. The minimum absolute atomic E-state index is 0.929. The van der Waals surface area contributed by atoms with Gasteiger partial charge in [-0.1, -0.05) is 43.9 Å². The summed E-state index contributed by atoms with van der Waals surface area (Å²) in [5, 5.41) is 0. The molecule has 0 radical (unpaired) electrons. The topological polar surface area (TPSA) is 0 Å². The molecular weight excluding hydrogens is 144 g/mol. The predicted molar refractivity (Wildman–Crippen MR) is 53.0 cm³/mol. The van der Waals surface area contributed by atoms with Crippen molar-refractivity contribution in [2.75, 3.05) is 0 Å². The van der Waals surface area contributed by atoms with Gasteiger partial charge in [0.25, 0.3) is 0 Å². The average molecular weight is 158 g/mol. The molecule has 0 nitrogen and oxygen atoms in total. The van der Waals surface area contributed by atoms with Gasteiger partial charge in [0.05, 0.1) is 0 Å². The summed E-state index contributed by atoms with van der Waals surface area (Å²) in [6, 6.07) is 8.33. The van der Waals surface area contributed by atoms with Gasteiger partial charge in [-0.05, 0) is 18.1 Å². The highest BCUT2D eigenvalue weighted by molar-refractivity contribution is 5.41. The van der Waals surface area contributed by atoms with Crippen molar-refractivity contribution in [2.45, 2.75) is 26.7 Å². The van der Waals surface area contributed by atoms with E-state index >= 15 is 0 Å². The molecule has 0 heteroatoms. The molecule has 0 aromatic heterocycles. The summed E-state index contributed by atoms with van der Waals surface area (Å²) in [4.78, 5) is 0. The molecule has 1 aromatic rings. The van der Waals surface area contributed by atoms with Crippen LogP contribution in [-0.4, -0.2) is 0 Å². The smallest absolute Gasteiger partial charge is 0.0277 e. The van der Waals surface area contributed by atoms with E-state index in [0.29, 0.717) is 0 Å². The van der Waals surface area contributed by atoms with E-state index in [4.69, 9.17) is 0 Å². The lowest BCUT2D eigenvalue weighted by atomic mass is 10.1. The maximum Gasteiger partial charge on any atom is 0.0277 e. The van der Waals surface area contributed by atoms with E-state index in [0.717, 1.165) is 12.8 Å².